The van der Waals surface area contributed by atoms with Gasteiger partial charge in [-0.2, -0.15) is 4.98 Å². The smallest absolute Gasteiger partial charge is 0.242 e. The van der Waals surface area contributed by atoms with Gasteiger partial charge in [-0.3, -0.25) is 4.79 Å². The number of rotatable bonds is 4. The Morgan fingerprint density at radius 1 is 1.23 bits per heavy atom. The van der Waals surface area contributed by atoms with Crippen LogP contribution in [0.25, 0.3) is 0 Å². The summed E-state index contributed by atoms with van der Waals surface area (Å²) >= 11 is 0. The zero-order chi connectivity index (χ0) is 15.2. The zero-order valence-electron chi connectivity index (χ0n) is 12.7. The van der Waals surface area contributed by atoms with Gasteiger partial charge in [0.15, 0.2) is 0 Å². The fourth-order valence-electron chi connectivity index (χ4n) is 2.81. The van der Waals surface area contributed by atoms with E-state index in [1.54, 1.807) is 6.20 Å². The number of ether oxygens (including phenoxy) is 1. The van der Waals surface area contributed by atoms with E-state index >= 15 is 0 Å². The highest BCUT2D eigenvalue weighted by Crippen LogP contribution is 2.15. The molecule has 2 atom stereocenters. The minimum atomic E-state index is -0.254. The van der Waals surface area contributed by atoms with Gasteiger partial charge in [0.05, 0.1) is 12.6 Å². The second-order valence-electron chi connectivity index (χ2n) is 5.81. The first-order valence-corrected chi connectivity index (χ1v) is 8.03. The summed E-state index contributed by atoms with van der Waals surface area (Å²) in [5.41, 5.74) is 0. The van der Waals surface area contributed by atoms with Gasteiger partial charge in [-0.1, -0.05) is 0 Å². The molecule has 22 heavy (non-hydrogen) atoms. The van der Waals surface area contributed by atoms with E-state index in [0.717, 1.165) is 51.1 Å². The number of nitrogens with zero attached hydrogens (tertiary/aromatic N) is 2. The van der Waals surface area contributed by atoms with Gasteiger partial charge < -0.3 is 20.7 Å². The molecule has 2 aliphatic rings. The van der Waals surface area contributed by atoms with Crippen LogP contribution in [-0.4, -0.2) is 47.7 Å². The maximum Gasteiger partial charge on any atom is 0.242 e. The monoisotopic (exact) mass is 305 g/mol. The molecule has 2 saturated heterocycles. The van der Waals surface area contributed by atoms with Crippen LogP contribution in [0.3, 0.4) is 0 Å². The Bertz CT molecular complexity index is 504. The van der Waals surface area contributed by atoms with Gasteiger partial charge in [0.1, 0.15) is 11.9 Å². The average molecular weight is 305 g/mol. The van der Waals surface area contributed by atoms with Crippen molar-refractivity contribution in [2.24, 2.45) is 0 Å². The average Bonchev–Trinajstić information content (AvgIpc) is 2.74. The number of carbonyl (C=O) groups is 1. The van der Waals surface area contributed by atoms with Crippen molar-refractivity contribution < 1.29 is 9.53 Å². The van der Waals surface area contributed by atoms with Gasteiger partial charge >= 0.3 is 0 Å². The second kappa shape index (κ2) is 7.40. The van der Waals surface area contributed by atoms with Crippen molar-refractivity contribution in [1.29, 1.82) is 0 Å². The molecular formula is C15H23N5O2. The second-order valence-corrected chi connectivity index (χ2v) is 5.81. The molecule has 1 amide bonds. The maximum atomic E-state index is 12.0. The van der Waals surface area contributed by atoms with Crippen LogP contribution in [0.1, 0.15) is 32.1 Å². The van der Waals surface area contributed by atoms with Crippen molar-refractivity contribution in [3.8, 4) is 0 Å². The van der Waals surface area contributed by atoms with E-state index in [-0.39, 0.29) is 18.0 Å². The zero-order valence-corrected chi connectivity index (χ0v) is 12.7. The molecule has 0 saturated carbocycles. The Labute approximate surface area is 130 Å². The summed E-state index contributed by atoms with van der Waals surface area (Å²) < 4.78 is 5.46. The molecular weight excluding hydrogens is 282 g/mol. The molecule has 2 unspecified atom stereocenters. The highest BCUT2D eigenvalue weighted by atomic mass is 16.5. The lowest BCUT2D eigenvalue weighted by atomic mass is 10.1. The van der Waals surface area contributed by atoms with Crippen LogP contribution in [0.5, 0.6) is 0 Å². The highest BCUT2D eigenvalue weighted by molar-refractivity contribution is 5.84. The fourth-order valence-corrected chi connectivity index (χ4v) is 2.81. The molecule has 7 nitrogen and oxygen atoms in total. The van der Waals surface area contributed by atoms with Crippen LogP contribution in [0.15, 0.2) is 12.3 Å². The van der Waals surface area contributed by atoms with Crippen LogP contribution < -0.4 is 16.0 Å². The number of amides is 1. The molecule has 1 aromatic rings. The Morgan fingerprint density at radius 3 is 3.05 bits per heavy atom. The van der Waals surface area contributed by atoms with Crippen molar-refractivity contribution in [1.82, 2.24) is 15.3 Å². The lowest BCUT2D eigenvalue weighted by molar-refractivity contribution is -0.121. The SMILES string of the molecule is O=C1NCCCCC1Nc1nccc(NC2CCCOC2)n1. The van der Waals surface area contributed by atoms with Crippen LogP contribution in [0.4, 0.5) is 11.8 Å². The van der Waals surface area contributed by atoms with Gasteiger partial charge in [0, 0.05) is 19.3 Å². The van der Waals surface area contributed by atoms with Gasteiger partial charge in [-0.15, -0.1) is 0 Å². The van der Waals surface area contributed by atoms with Crippen LogP contribution >= 0.6 is 0 Å². The third-order valence-electron chi connectivity index (χ3n) is 4.01. The highest BCUT2D eigenvalue weighted by Gasteiger charge is 2.21. The molecule has 2 aliphatic heterocycles. The molecule has 7 heteroatoms. The van der Waals surface area contributed by atoms with Crippen molar-refractivity contribution >= 4 is 17.7 Å². The molecule has 120 valence electrons. The molecule has 0 aromatic carbocycles. The predicted molar refractivity (Wildman–Crippen MR) is 83.8 cm³/mol. The van der Waals surface area contributed by atoms with Crippen molar-refractivity contribution in [3.05, 3.63) is 12.3 Å². The third kappa shape index (κ3) is 4.07. The molecule has 3 rings (SSSR count). The quantitative estimate of drug-likeness (QED) is 0.773. The summed E-state index contributed by atoms with van der Waals surface area (Å²) in [6, 6.07) is 1.88. The molecule has 0 radical (unpaired) electrons. The topological polar surface area (TPSA) is 88.2 Å². The molecule has 3 N–H and O–H groups in total. The molecule has 0 spiro atoms. The van der Waals surface area contributed by atoms with Gasteiger partial charge in [-0.25, -0.2) is 4.98 Å². The Morgan fingerprint density at radius 2 is 2.18 bits per heavy atom. The van der Waals surface area contributed by atoms with Gasteiger partial charge in [0.25, 0.3) is 0 Å². The van der Waals surface area contributed by atoms with Crippen molar-refractivity contribution in [2.45, 2.75) is 44.2 Å². The Kier molecular flexibility index (Phi) is 5.05. The van der Waals surface area contributed by atoms with Gasteiger partial charge in [-0.05, 0) is 38.2 Å². The summed E-state index contributed by atoms with van der Waals surface area (Å²) in [7, 11) is 0. The maximum absolute atomic E-state index is 12.0. The minimum absolute atomic E-state index is 0.0279. The van der Waals surface area contributed by atoms with Gasteiger partial charge in [0.2, 0.25) is 11.9 Å². The summed E-state index contributed by atoms with van der Waals surface area (Å²) in [5, 5.41) is 9.41. The fraction of sp³-hybridized carbons (Fsp3) is 0.667. The first kappa shape index (κ1) is 15.0. The summed E-state index contributed by atoms with van der Waals surface area (Å²) in [6.07, 6.45) is 6.70. The standard InChI is InChI=1S/C15H23N5O2/c21-14-12(5-1-2-7-16-14)19-15-17-8-6-13(20-15)18-11-4-3-9-22-10-11/h6,8,11-12H,1-5,7,9-10H2,(H,16,21)(H2,17,18,19,20). The number of hydrogen-bond donors (Lipinski definition) is 3. The van der Waals surface area contributed by atoms with E-state index in [0.29, 0.717) is 12.6 Å². The van der Waals surface area contributed by atoms with E-state index in [2.05, 4.69) is 25.9 Å². The first-order valence-electron chi connectivity index (χ1n) is 8.03. The normalized spacial score (nSPS) is 25.9. The van der Waals surface area contributed by atoms with E-state index in [1.807, 2.05) is 6.07 Å². The lowest BCUT2D eigenvalue weighted by Crippen LogP contribution is -2.38. The number of nitrogens with one attached hydrogen (secondary N) is 3. The minimum Gasteiger partial charge on any atom is -0.379 e. The molecule has 3 heterocycles. The summed E-state index contributed by atoms with van der Waals surface area (Å²) in [5.74, 6) is 1.28. The van der Waals surface area contributed by atoms with Crippen molar-refractivity contribution in [3.63, 3.8) is 0 Å². The number of anilines is 2. The number of hydrogen-bond acceptors (Lipinski definition) is 6. The first-order chi connectivity index (χ1) is 10.8. The third-order valence-corrected chi connectivity index (χ3v) is 4.01. The van der Waals surface area contributed by atoms with Crippen LogP contribution in [0.2, 0.25) is 0 Å². The van der Waals surface area contributed by atoms with E-state index in [1.165, 1.54) is 0 Å². The predicted octanol–water partition coefficient (Wildman–Crippen LogP) is 1.15. The number of carbonyl (C=O) groups excluding carboxylic acids is 1. The van der Waals surface area contributed by atoms with E-state index in [9.17, 15) is 4.79 Å². The Balaban J connectivity index is 1.61. The largest absolute Gasteiger partial charge is 0.379 e. The van der Waals surface area contributed by atoms with Crippen LogP contribution in [-0.2, 0) is 9.53 Å². The van der Waals surface area contributed by atoms with E-state index in [4.69, 9.17) is 4.74 Å². The van der Waals surface area contributed by atoms with Crippen molar-refractivity contribution in [2.75, 3.05) is 30.4 Å². The Hall–Kier alpha value is -1.89. The van der Waals surface area contributed by atoms with Crippen LogP contribution in [0, 0.1) is 0 Å². The molecule has 0 bridgehead atoms. The summed E-state index contributed by atoms with van der Waals surface area (Å²) in [4.78, 5) is 20.6. The lowest BCUT2D eigenvalue weighted by Gasteiger charge is -2.23. The summed E-state index contributed by atoms with van der Waals surface area (Å²) in [6.45, 7) is 2.30. The number of aromatic nitrogens is 2. The van der Waals surface area contributed by atoms with E-state index < -0.39 is 0 Å². The molecule has 2 fully saturated rings. The molecule has 0 aliphatic carbocycles. The molecule has 1 aromatic heterocycles.